The maximum Gasteiger partial charge on any atom is 0.415 e. The molecule has 12 heteroatoms. The normalized spacial score (nSPS) is 16.7. The lowest BCUT2D eigenvalue weighted by molar-refractivity contribution is 0.0986. The molecule has 50 heavy (non-hydrogen) atoms. The lowest BCUT2D eigenvalue weighted by atomic mass is 9.95. The number of amides is 3. The number of thiophene rings is 1. The molecule has 2 aliphatic heterocycles. The molecule has 0 saturated heterocycles. The third-order valence-corrected chi connectivity index (χ3v) is 11.4. The molecule has 0 saturated carbocycles. The third-order valence-electron chi connectivity index (χ3n) is 9.56. The van der Waals surface area contributed by atoms with Crippen molar-refractivity contribution in [2.75, 3.05) is 68.9 Å². The predicted molar refractivity (Wildman–Crippen MR) is 201 cm³/mol. The number of phenols is 1. The number of phenolic OH excluding ortho intramolecular Hbond substituents is 1. The van der Waals surface area contributed by atoms with Crippen molar-refractivity contribution < 1.29 is 24.2 Å². The molecule has 3 amide bonds. The number of likely N-dealkylation sites (N-methyl/N-ethyl adjacent to an activating group) is 2. The Hall–Kier alpha value is -4.35. The first-order chi connectivity index (χ1) is 24.1. The van der Waals surface area contributed by atoms with Crippen LogP contribution in [0.4, 0.5) is 16.2 Å². The molecule has 1 aromatic heterocycles. The van der Waals surface area contributed by atoms with Gasteiger partial charge in [0.1, 0.15) is 11.5 Å². The Morgan fingerprint density at radius 3 is 1.80 bits per heavy atom. The number of anilines is 2. The van der Waals surface area contributed by atoms with Gasteiger partial charge >= 0.3 is 6.09 Å². The Morgan fingerprint density at radius 1 is 0.760 bits per heavy atom. The van der Waals surface area contributed by atoms with Crippen molar-refractivity contribution in [2.45, 2.75) is 11.8 Å². The summed E-state index contributed by atoms with van der Waals surface area (Å²) in [6.07, 6.45) is -0.496. The maximum absolute atomic E-state index is 14.2. The Balaban J connectivity index is 1.20. The number of halogens is 2. The number of hydrogen-bond acceptors (Lipinski definition) is 7. The second kappa shape index (κ2) is 13.8. The lowest BCUT2D eigenvalue weighted by Crippen LogP contribution is -2.35. The molecule has 0 fully saturated rings. The molecule has 2 aliphatic rings. The highest BCUT2D eigenvalue weighted by Crippen LogP contribution is 2.48. The molecule has 0 bridgehead atoms. The van der Waals surface area contributed by atoms with Gasteiger partial charge in [0.05, 0.1) is 21.1 Å². The number of rotatable bonds is 8. The Morgan fingerprint density at radius 2 is 1.26 bits per heavy atom. The van der Waals surface area contributed by atoms with E-state index in [4.69, 9.17) is 27.9 Å². The Kier molecular flexibility index (Phi) is 9.38. The van der Waals surface area contributed by atoms with Crippen LogP contribution in [-0.2, 0) is 0 Å². The van der Waals surface area contributed by atoms with E-state index in [-0.39, 0.29) is 29.4 Å². The number of alkyl halides is 2. The van der Waals surface area contributed by atoms with Crippen molar-refractivity contribution in [2.24, 2.45) is 0 Å². The average Bonchev–Trinajstić information content (AvgIpc) is 3.86. The van der Waals surface area contributed by atoms with Crippen LogP contribution in [-0.4, -0.2) is 91.9 Å². The third kappa shape index (κ3) is 5.94. The monoisotopic (exact) mass is 730 g/mol. The van der Waals surface area contributed by atoms with E-state index in [2.05, 4.69) is 0 Å². The van der Waals surface area contributed by atoms with Crippen LogP contribution < -0.4 is 14.5 Å². The quantitative estimate of drug-likeness (QED) is 0.164. The topological polar surface area (TPSA) is 93.6 Å². The van der Waals surface area contributed by atoms with Gasteiger partial charge in [-0.1, -0.05) is 48.5 Å². The Labute approximate surface area is 304 Å². The van der Waals surface area contributed by atoms with Crippen molar-refractivity contribution in [3.8, 4) is 11.5 Å². The van der Waals surface area contributed by atoms with Crippen LogP contribution in [0.3, 0.4) is 0 Å². The van der Waals surface area contributed by atoms with Crippen LogP contribution in [0.15, 0.2) is 72.8 Å². The number of hydrogen-bond donors (Lipinski definition) is 1. The molecule has 1 N–H and O–H groups in total. The minimum atomic E-state index is -0.496. The first-order valence-corrected chi connectivity index (χ1v) is 18.2. The van der Waals surface area contributed by atoms with Gasteiger partial charge in [0.2, 0.25) is 0 Å². The number of fused-ring (bicyclic) bond motifs is 6. The molecule has 258 valence electrons. The number of carbonyl (C=O) groups is 3. The first kappa shape index (κ1) is 34.1. The number of benzene rings is 4. The SMILES string of the molecule is CN(C)CCN(C)C(=O)Oc1cc2c(c3ccccc13)[C@H](CCl)CN2C(=O)c1ccc(C(=O)N2C[C@@H](CCl)c3c2cc(O)c2ccccc32)s1. The van der Waals surface area contributed by atoms with Crippen molar-refractivity contribution in [3.63, 3.8) is 0 Å². The summed E-state index contributed by atoms with van der Waals surface area (Å²) in [6.45, 7) is 1.87. The van der Waals surface area contributed by atoms with Crippen molar-refractivity contribution in [1.29, 1.82) is 0 Å². The van der Waals surface area contributed by atoms with E-state index in [9.17, 15) is 19.5 Å². The summed E-state index contributed by atoms with van der Waals surface area (Å²) in [6, 6.07) is 21.9. The van der Waals surface area contributed by atoms with E-state index in [1.807, 2.05) is 67.5 Å². The summed E-state index contributed by atoms with van der Waals surface area (Å²) in [7, 11) is 5.57. The summed E-state index contributed by atoms with van der Waals surface area (Å²) in [5.41, 5.74) is 3.10. The maximum atomic E-state index is 14.2. The predicted octanol–water partition coefficient (Wildman–Crippen LogP) is 7.72. The lowest BCUT2D eigenvalue weighted by Gasteiger charge is -2.21. The fourth-order valence-electron chi connectivity index (χ4n) is 7.01. The van der Waals surface area contributed by atoms with Crippen molar-refractivity contribution >= 4 is 85.4 Å². The fourth-order valence-corrected chi connectivity index (χ4v) is 8.42. The van der Waals surface area contributed by atoms with Crippen molar-refractivity contribution in [3.05, 3.63) is 93.7 Å². The van der Waals surface area contributed by atoms with Gasteiger partial charge in [-0.25, -0.2) is 4.79 Å². The highest BCUT2D eigenvalue weighted by atomic mass is 35.5. The van der Waals surface area contributed by atoms with Crippen LogP contribution in [0, 0.1) is 0 Å². The second-order valence-corrected chi connectivity index (χ2v) is 14.7. The van der Waals surface area contributed by atoms with Gasteiger partial charge in [-0.15, -0.1) is 34.5 Å². The molecule has 5 aromatic rings. The van der Waals surface area contributed by atoms with Gasteiger partial charge in [-0.2, -0.15) is 0 Å². The van der Waals surface area contributed by atoms with E-state index in [0.29, 0.717) is 70.2 Å². The number of carbonyl (C=O) groups excluding carboxylic acids is 3. The molecule has 0 spiro atoms. The zero-order chi connectivity index (χ0) is 35.3. The molecule has 2 atom stereocenters. The minimum Gasteiger partial charge on any atom is -0.507 e. The van der Waals surface area contributed by atoms with Crippen LogP contribution in [0.1, 0.15) is 42.3 Å². The largest absolute Gasteiger partial charge is 0.507 e. The van der Waals surface area contributed by atoms with E-state index < -0.39 is 6.09 Å². The van der Waals surface area contributed by atoms with Crippen LogP contribution in [0.25, 0.3) is 21.5 Å². The molecule has 9 nitrogen and oxygen atoms in total. The standard InChI is InChI=1S/C38H36Cl2N4O5S/c1-41(2)14-15-42(3)38(48)49-31-17-29-35(27-11-7-5-9-25(27)31)23(19-40)21-44(29)37(47)33-13-12-32(50-33)36(46)43-20-22(18-39)34-26-10-6-4-8-24(26)30(45)16-28(34)43/h4-13,16-17,22-23,45H,14-15,18-21H2,1-3H3/t22-,23-/m1/s1. The van der Waals surface area contributed by atoms with E-state index in [0.717, 1.165) is 38.6 Å². The molecule has 0 aliphatic carbocycles. The minimum absolute atomic E-state index is 0.0914. The first-order valence-electron chi connectivity index (χ1n) is 16.3. The molecule has 4 aromatic carbocycles. The van der Waals surface area contributed by atoms with Gasteiger partial charge in [0.15, 0.2) is 0 Å². The summed E-state index contributed by atoms with van der Waals surface area (Å²) in [5, 5.41) is 14.0. The molecular weight excluding hydrogens is 695 g/mol. The zero-order valence-corrected chi connectivity index (χ0v) is 30.2. The smallest absolute Gasteiger partial charge is 0.415 e. The molecular formula is C38H36Cl2N4O5S. The highest BCUT2D eigenvalue weighted by molar-refractivity contribution is 7.16. The molecule has 3 heterocycles. The zero-order valence-electron chi connectivity index (χ0n) is 27.9. The van der Waals surface area contributed by atoms with Gasteiger partial charge < -0.3 is 29.4 Å². The summed E-state index contributed by atoms with van der Waals surface area (Å²) < 4.78 is 5.95. The van der Waals surface area contributed by atoms with Gasteiger partial charge in [-0.3, -0.25) is 9.59 Å². The number of ether oxygens (including phenoxy) is 1. The summed E-state index contributed by atoms with van der Waals surface area (Å²) in [5.74, 6) is 0.251. The van der Waals surface area contributed by atoms with Crippen LogP contribution >= 0.6 is 34.5 Å². The molecule has 0 radical (unpaired) electrons. The number of aromatic hydroxyl groups is 1. The van der Waals surface area contributed by atoms with Crippen LogP contribution in [0.2, 0.25) is 0 Å². The molecule has 7 rings (SSSR count). The average molecular weight is 732 g/mol. The van der Waals surface area contributed by atoms with E-state index >= 15 is 0 Å². The number of nitrogens with zero attached hydrogens (tertiary/aromatic N) is 4. The highest BCUT2D eigenvalue weighted by Gasteiger charge is 2.38. The van der Waals surface area contributed by atoms with Gasteiger partial charge in [0, 0.05) is 79.7 Å². The van der Waals surface area contributed by atoms with Crippen molar-refractivity contribution in [1.82, 2.24) is 9.80 Å². The Bertz CT molecular complexity index is 2150. The van der Waals surface area contributed by atoms with E-state index in [1.54, 1.807) is 41.1 Å². The summed E-state index contributed by atoms with van der Waals surface area (Å²) in [4.78, 5) is 49.0. The van der Waals surface area contributed by atoms with Gasteiger partial charge in [-0.05, 0) is 48.1 Å². The second-order valence-electron chi connectivity index (χ2n) is 13.0. The summed E-state index contributed by atoms with van der Waals surface area (Å²) >= 11 is 14.0. The van der Waals surface area contributed by atoms with Crippen LogP contribution in [0.5, 0.6) is 11.5 Å². The van der Waals surface area contributed by atoms with Gasteiger partial charge in [0.25, 0.3) is 11.8 Å². The molecule has 0 unspecified atom stereocenters. The van der Waals surface area contributed by atoms with E-state index in [1.165, 1.54) is 4.90 Å². The fraction of sp³-hybridized carbons (Fsp3) is 0.289.